The zero-order chi connectivity index (χ0) is 12.7. The lowest BCUT2D eigenvalue weighted by atomic mass is 10.2. The van der Waals surface area contributed by atoms with Crippen LogP contribution in [0, 0.1) is 32.4 Å². The number of benzene rings is 1. The van der Waals surface area contributed by atoms with Crippen LogP contribution in [0.25, 0.3) is 5.69 Å². The summed E-state index contributed by atoms with van der Waals surface area (Å²) < 4.78 is 28.0. The number of hydrogen-bond donors (Lipinski definition) is 1. The number of aromatic nitrogens is 2. The van der Waals surface area contributed by atoms with Crippen molar-refractivity contribution in [3.05, 3.63) is 40.7 Å². The number of halogens is 2. The summed E-state index contributed by atoms with van der Waals surface area (Å²) in [5.41, 5.74) is 8.35. The lowest BCUT2D eigenvalue weighted by molar-refractivity contribution is 0.583. The van der Waals surface area contributed by atoms with Gasteiger partial charge in [0.1, 0.15) is 5.82 Å². The molecule has 0 aliphatic heterocycles. The van der Waals surface area contributed by atoms with Crippen molar-refractivity contribution in [2.45, 2.75) is 20.8 Å². The number of hydrogen-bond acceptors (Lipinski definition) is 2. The molecular weight excluding hydrogens is 224 g/mol. The molecule has 0 radical (unpaired) electrons. The fraction of sp³-hybridized carbons (Fsp3) is 0.250. The molecule has 0 fully saturated rings. The van der Waals surface area contributed by atoms with Gasteiger partial charge in [-0.1, -0.05) is 0 Å². The molecule has 0 saturated carbocycles. The van der Waals surface area contributed by atoms with Gasteiger partial charge in [0, 0.05) is 17.8 Å². The zero-order valence-corrected chi connectivity index (χ0v) is 9.88. The van der Waals surface area contributed by atoms with Crippen LogP contribution in [0.1, 0.15) is 17.0 Å². The fourth-order valence-corrected chi connectivity index (χ4v) is 1.70. The standard InChI is InChI=1S/C12H13F2N3/c1-6-7(2)16-17(8(6)3)11-5-9(13)4-10(14)12(11)15/h4-5H,15H2,1-3H3. The summed E-state index contributed by atoms with van der Waals surface area (Å²) >= 11 is 0. The van der Waals surface area contributed by atoms with Gasteiger partial charge in [0.15, 0.2) is 5.82 Å². The van der Waals surface area contributed by atoms with Crippen LogP contribution >= 0.6 is 0 Å². The SMILES string of the molecule is Cc1nn(-c2cc(F)cc(F)c2N)c(C)c1C. The van der Waals surface area contributed by atoms with Gasteiger partial charge in [-0.2, -0.15) is 5.10 Å². The molecule has 5 heteroatoms. The summed E-state index contributed by atoms with van der Waals surface area (Å²) in [6.07, 6.45) is 0. The smallest absolute Gasteiger partial charge is 0.151 e. The molecule has 1 heterocycles. The first-order chi connectivity index (χ1) is 7.91. The Morgan fingerprint density at radius 2 is 1.82 bits per heavy atom. The van der Waals surface area contributed by atoms with Crippen molar-refractivity contribution in [1.29, 1.82) is 0 Å². The molecule has 0 bridgehead atoms. The Morgan fingerprint density at radius 3 is 2.35 bits per heavy atom. The molecule has 90 valence electrons. The van der Waals surface area contributed by atoms with E-state index in [9.17, 15) is 8.78 Å². The van der Waals surface area contributed by atoms with Crippen molar-refractivity contribution in [2.24, 2.45) is 0 Å². The molecule has 1 aromatic heterocycles. The molecule has 0 aliphatic carbocycles. The highest BCUT2D eigenvalue weighted by atomic mass is 19.1. The Hall–Kier alpha value is -1.91. The van der Waals surface area contributed by atoms with Crippen LogP contribution in [0.2, 0.25) is 0 Å². The summed E-state index contributed by atoms with van der Waals surface area (Å²) in [5.74, 6) is -1.44. The van der Waals surface area contributed by atoms with E-state index in [0.29, 0.717) is 0 Å². The third-order valence-electron chi connectivity index (χ3n) is 2.95. The summed E-state index contributed by atoms with van der Waals surface area (Å²) in [6, 6.07) is 1.94. The number of nitrogen functional groups attached to an aromatic ring is 1. The van der Waals surface area contributed by atoms with Crippen LogP contribution in [-0.4, -0.2) is 9.78 Å². The normalized spacial score (nSPS) is 10.9. The topological polar surface area (TPSA) is 43.8 Å². The number of anilines is 1. The van der Waals surface area contributed by atoms with E-state index in [1.807, 2.05) is 20.8 Å². The van der Waals surface area contributed by atoms with E-state index >= 15 is 0 Å². The third-order valence-corrected chi connectivity index (χ3v) is 2.95. The predicted octanol–water partition coefficient (Wildman–Crippen LogP) is 2.66. The van der Waals surface area contributed by atoms with E-state index in [4.69, 9.17) is 5.73 Å². The fourth-order valence-electron chi connectivity index (χ4n) is 1.70. The first-order valence-corrected chi connectivity index (χ1v) is 5.19. The molecule has 0 amide bonds. The predicted molar refractivity (Wildman–Crippen MR) is 62.1 cm³/mol. The van der Waals surface area contributed by atoms with Crippen molar-refractivity contribution >= 4 is 5.69 Å². The van der Waals surface area contributed by atoms with Crippen LogP contribution in [0.15, 0.2) is 12.1 Å². The highest BCUT2D eigenvalue weighted by Gasteiger charge is 2.15. The van der Waals surface area contributed by atoms with Crippen LogP contribution in [0.3, 0.4) is 0 Å². The summed E-state index contributed by atoms with van der Waals surface area (Å²) in [4.78, 5) is 0. The highest BCUT2D eigenvalue weighted by molar-refractivity contribution is 5.59. The van der Waals surface area contributed by atoms with E-state index in [2.05, 4.69) is 5.10 Å². The first kappa shape index (κ1) is 11.6. The lowest BCUT2D eigenvalue weighted by Crippen LogP contribution is -2.06. The maximum absolute atomic E-state index is 13.4. The average molecular weight is 237 g/mol. The van der Waals surface area contributed by atoms with Gasteiger partial charge < -0.3 is 5.73 Å². The van der Waals surface area contributed by atoms with Gasteiger partial charge >= 0.3 is 0 Å². The number of rotatable bonds is 1. The Labute approximate surface area is 97.9 Å². The van der Waals surface area contributed by atoms with E-state index in [1.165, 1.54) is 10.7 Å². The molecule has 1 aromatic carbocycles. The van der Waals surface area contributed by atoms with Gasteiger partial charge in [0.2, 0.25) is 0 Å². The second-order valence-electron chi connectivity index (χ2n) is 4.03. The molecule has 0 spiro atoms. The maximum Gasteiger partial charge on any atom is 0.151 e. The van der Waals surface area contributed by atoms with Crippen LogP contribution in [0.4, 0.5) is 14.5 Å². The number of nitrogens with zero attached hydrogens (tertiary/aromatic N) is 2. The summed E-state index contributed by atoms with van der Waals surface area (Å²) in [6.45, 7) is 5.57. The minimum atomic E-state index is -0.773. The Bertz CT molecular complexity index is 588. The molecule has 17 heavy (non-hydrogen) atoms. The summed E-state index contributed by atoms with van der Waals surface area (Å²) in [7, 11) is 0. The molecule has 0 atom stereocenters. The van der Waals surface area contributed by atoms with Gasteiger partial charge in [0.05, 0.1) is 17.1 Å². The van der Waals surface area contributed by atoms with Crippen molar-refractivity contribution < 1.29 is 8.78 Å². The van der Waals surface area contributed by atoms with E-state index in [0.717, 1.165) is 23.0 Å². The zero-order valence-electron chi connectivity index (χ0n) is 9.88. The first-order valence-electron chi connectivity index (χ1n) is 5.19. The highest BCUT2D eigenvalue weighted by Crippen LogP contribution is 2.25. The van der Waals surface area contributed by atoms with Crippen LogP contribution < -0.4 is 5.73 Å². The van der Waals surface area contributed by atoms with Gasteiger partial charge in [-0.25, -0.2) is 13.5 Å². The monoisotopic (exact) mass is 237 g/mol. The molecule has 0 aliphatic rings. The third kappa shape index (κ3) is 1.77. The van der Waals surface area contributed by atoms with E-state index < -0.39 is 11.6 Å². The molecule has 2 N–H and O–H groups in total. The van der Waals surface area contributed by atoms with Crippen molar-refractivity contribution in [3.8, 4) is 5.69 Å². The van der Waals surface area contributed by atoms with Crippen molar-refractivity contribution in [1.82, 2.24) is 9.78 Å². The van der Waals surface area contributed by atoms with E-state index in [-0.39, 0.29) is 11.4 Å². The minimum absolute atomic E-state index is 0.1000. The molecule has 3 nitrogen and oxygen atoms in total. The van der Waals surface area contributed by atoms with Gasteiger partial charge in [-0.05, 0) is 26.3 Å². The Kier molecular flexibility index (Phi) is 2.61. The van der Waals surface area contributed by atoms with Gasteiger partial charge in [-0.15, -0.1) is 0 Å². The van der Waals surface area contributed by atoms with Gasteiger partial charge in [-0.3, -0.25) is 0 Å². The second kappa shape index (κ2) is 3.84. The van der Waals surface area contributed by atoms with Crippen LogP contribution in [-0.2, 0) is 0 Å². The van der Waals surface area contributed by atoms with E-state index in [1.54, 1.807) is 0 Å². The number of aryl methyl sites for hydroxylation is 1. The molecule has 2 rings (SSSR count). The lowest BCUT2D eigenvalue weighted by Gasteiger charge is -2.09. The maximum atomic E-state index is 13.4. The largest absolute Gasteiger partial charge is 0.395 e. The molecule has 0 saturated heterocycles. The molecule has 0 unspecified atom stereocenters. The summed E-state index contributed by atoms with van der Waals surface area (Å²) in [5, 5.41) is 4.23. The van der Waals surface area contributed by atoms with Crippen molar-refractivity contribution in [3.63, 3.8) is 0 Å². The minimum Gasteiger partial charge on any atom is -0.395 e. The van der Waals surface area contributed by atoms with Crippen LogP contribution in [0.5, 0.6) is 0 Å². The van der Waals surface area contributed by atoms with Gasteiger partial charge in [0.25, 0.3) is 0 Å². The average Bonchev–Trinajstić information content (AvgIpc) is 2.51. The van der Waals surface area contributed by atoms with Crippen molar-refractivity contribution in [2.75, 3.05) is 5.73 Å². The number of nitrogens with two attached hydrogens (primary N) is 1. The molecular formula is C12H13F2N3. The Morgan fingerprint density at radius 1 is 1.18 bits per heavy atom. The molecule has 2 aromatic rings. The Balaban J connectivity index is 2.72. The quantitative estimate of drug-likeness (QED) is 0.775. The second-order valence-corrected chi connectivity index (χ2v) is 4.03.